The van der Waals surface area contributed by atoms with Crippen LogP contribution in [0.15, 0.2) is 48.6 Å². The minimum absolute atomic E-state index is 1.04. The summed E-state index contributed by atoms with van der Waals surface area (Å²) in [7, 11) is 0. The summed E-state index contributed by atoms with van der Waals surface area (Å²) in [5.41, 5.74) is 0. The molecule has 0 radical (unpaired) electrons. The normalized spacial score (nSPS) is 28.9. The van der Waals surface area contributed by atoms with Crippen molar-refractivity contribution in [3.05, 3.63) is 48.6 Å². The van der Waals surface area contributed by atoms with Crippen molar-refractivity contribution in [3.63, 3.8) is 0 Å². The highest BCUT2D eigenvalue weighted by Gasteiger charge is 1.82. The van der Waals surface area contributed by atoms with Gasteiger partial charge in [0.1, 0.15) is 0 Å². The smallest absolute Gasteiger partial charge is 0.0163 e. The number of allylic oxidation sites excluding steroid dienone is 8. The lowest BCUT2D eigenvalue weighted by Gasteiger charge is -1.91. The van der Waals surface area contributed by atoms with E-state index in [1.807, 2.05) is 0 Å². The Hall–Kier alpha value is -1.04. The Bertz CT molecular complexity index is 192. The van der Waals surface area contributed by atoms with Gasteiger partial charge in [-0.15, -0.1) is 0 Å². The molecule has 0 aromatic heterocycles. The second-order valence-electron chi connectivity index (χ2n) is 3.23. The van der Waals surface area contributed by atoms with Crippen LogP contribution < -0.4 is 0 Å². The molecule has 0 spiro atoms. The van der Waals surface area contributed by atoms with Crippen molar-refractivity contribution in [1.82, 2.24) is 0 Å². The van der Waals surface area contributed by atoms with Crippen molar-refractivity contribution in [2.45, 2.75) is 32.1 Å². The number of rotatable bonds is 0. The van der Waals surface area contributed by atoms with Gasteiger partial charge in [0, 0.05) is 0 Å². The third-order valence-electron chi connectivity index (χ3n) is 2.03. The van der Waals surface area contributed by atoms with Gasteiger partial charge >= 0.3 is 0 Å². The topological polar surface area (TPSA) is 0 Å². The first-order chi connectivity index (χ1) is 6.50. The molecule has 13 heavy (non-hydrogen) atoms. The molecule has 0 fully saturated rings. The number of hydrogen-bond donors (Lipinski definition) is 0. The van der Waals surface area contributed by atoms with E-state index < -0.39 is 0 Å². The van der Waals surface area contributed by atoms with E-state index in [1.165, 1.54) is 25.7 Å². The van der Waals surface area contributed by atoms with Gasteiger partial charge in [0.25, 0.3) is 0 Å². The molecule has 0 N–H and O–H groups in total. The molecule has 0 heterocycles. The first kappa shape index (κ1) is 10.0. The molecule has 0 aromatic carbocycles. The highest BCUT2D eigenvalue weighted by molar-refractivity contribution is 5.08. The van der Waals surface area contributed by atoms with Gasteiger partial charge in [-0.2, -0.15) is 0 Å². The molecule has 0 unspecified atom stereocenters. The van der Waals surface area contributed by atoms with E-state index in [0.717, 1.165) is 6.42 Å². The second kappa shape index (κ2) is 7.60. The van der Waals surface area contributed by atoms with Crippen LogP contribution in [0.2, 0.25) is 0 Å². The highest BCUT2D eigenvalue weighted by atomic mass is 13.9. The quantitative estimate of drug-likeness (QED) is 0.517. The van der Waals surface area contributed by atoms with Gasteiger partial charge in [-0.25, -0.2) is 0 Å². The molecule has 1 aliphatic carbocycles. The van der Waals surface area contributed by atoms with E-state index in [1.54, 1.807) is 0 Å². The summed E-state index contributed by atoms with van der Waals surface area (Å²) in [6.45, 7) is 0. The van der Waals surface area contributed by atoms with E-state index in [-0.39, 0.29) is 0 Å². The van der Waals surface area contributed by atoms with E-state index in [2.05, 4.69) is 48.6 Å². The van der Waals surface area contributed by atoms with Crippen LogP contribution in [-0.4, -0.2) is 0 Å². The Balaban J connectivity index is 2.38. The molecule has 0 aromatic rings. The molecular weight excluding hydrogens is 156 g/mol. The maximum atomic E-state index is 2.25. The van der Waals surface area contributed by atoms with Crippen molar-refractivity contribution in [2.75, 3.05) is 0 Å². The lowest BCUT2D eigenvalue weighted by atomic mass is 10.2. The van der Waals surface area contributed by atoms with E-state index >= 15 is 0 Å². The average molecular weight is 174 g/mol. The molecule has 0 nitrogen and oxygen atoms in total. The monoisotopic (exact) mass is 174 g/mol. The van der Waals surface area contributed by atoms with Gasteiger partial charge < -0.3 is 0 Å². The summed E-state index contributed by atoms with van der Waals surface area (Å²) in [5, 5.41) is 0. The van der Waals surface area contributed by atoms with Crippen molar-refractivity contribution < 1.29 is 0 Å². The molecule has 0 saturated carbocycles. The Kier molecular flexibility index (Phi) is 5.87. The summed E-state index contributed by atoms with van der Waals surface area (Å²) in [5.74, 6) is 0. The summed E-state index contributed by atoms with van der Waals surface area (Å²) >= 11 is 0. The zero-order chi connectivity index (χ0) is 9.19. The van der Waals surface area contributed by atoms with Crippen LogP contribution in [0.25, 0.3) is 0 Å². The van der Waals surface area contributed by atoms with Gasteiger partial charge in [0.15, 0.2) is 0 Å². The lowest BCUT2D eigenvalue weighted by Crippen LogP contribution is -1.71. The predicted molar refractivity (Wildman–Crippen MR) is 59.6 cm³/mol. The zero-order valence-corrected chi connectivity index (χ0v) is 8.15. The molecule has 70 valence electrons. The van der Waals surface area contributed by atoms with E-state index in [9.17, 15) is 0 Å². The zero-order valence-electron chi connectivity index (χ0n) is 8.15. The molecular formula is C13H18. The van der Waals surface area contributed by atoms with Gasteiger partial charge in [0.05, 0.1) is 0 Å². The Morgan fingerprint density at radius 3 is 1.54 bits per heavy atom. The Morgan fingerprint density at radius 2 is 1.00 bits per heavy atom. The van der Waals surface area contributed by atoms with Crippen LogP contribution in [0.5, 0.6) is 0 Å². The molecule has 0 atom stereocenters. The molecule has 1 rings (SSSR count). The van der Waals surface area contributed by atoms with Crippen LogP contribution in [0.1, 0.15) is 32.1 Å². The van der Waals surface area contributed by atoms with E-state index in [0.29, 0.717) is 0 Å². The fraction of sp³-hybridized carbons (Fsp3) is 0.385. The molecule has 0 saturated heterocycles. The molecule has 0 heteroatoms. The molecule has 0 amide bonds. The molecule has 0 bridgehead atoms. The average Bonchev–Trinajstić information content (AvgIpc) is 2.18. The summed E-state index contributed by atoms with van der Waals surface area (Å²) in [6, 6.07) is 0. The van der Waals surface area contributed by atoms with E-state index in [4.69, 9.17) is 0 Å². The summed E-state index contributed by atoms with van der Waals surface area (Å²) in [4.78, 5) is 0. The third kappa shape index (κ3) is 6.15. The minimum Gasteiger partial charge on any atom is -0.0845 e. The molecule has 1 aliphatic rings. The first-order valence-electron chi connectivity index (χ1n) is 5.13. The fourth-order valence-corrected chi connectivity index (χ4v) is 1.27. The van der Waals surface area contributed by atoms with Gasteiger partial charge in [-0.3, -0.25) is 0 Å². The van der Waals surface area contributed by atoms with Crippen LogP contribution in [0, 0.1) is 0 Å². The first-order valence-corrected chi connectivity index (χ1v) is 5.13. The summed E-state index contributed by atoms with van der Waals surface area (Å²) < 4.78 is 0. The maximum Gasteiger partial charge on any atom is -0.0163 e. The van der Waals surface area contributed by atoms with Crippen molar-refractivity contribution in [1.29, 1.82) is 0 Å². The molecule has 0 aliphatic heterocycles. The van der Waals surface area contributed by atoms with Crippen molar-refractivity contribution >= 4 is 0 Å². The van der Waals surface area contributed by atoms with Crippen LogP contribution >= 0.6 is 0 Å². The standard InChI is InChI=1S/C13H18/c1-2-4-6-8-10-12-13-11-9-7-5-3-1/h1-4,7,9,11,13H,5-6,8,10,12H2/b3-1-,4-2+,9-7-,13-11+. The SMILES string of the molecule is C1=C\C/C=C\C=C\CCCC/C=C/1. The van der Waals surface area contributed by atoms with Gasteiger partial charge in [-0.1, -0.05) is 48.6 Å². The van der Waals surface area contributed by atoms with Crippen molar-refractivity contribution in [2.24, 2.45) is 0 Å². The van der Waals surface area contributed by atoms with Gasteiger partial charge in [-0.05, 0) is 32.1 Å². The Morgan fingerprint density at radius 1 is 0.538 bits per heavy atom. The largest absolute Gasteiger partial charge is 0.0845 e. The highest BCUT2D eigenvalue weighted by Crippen LogP contribution is 2.02. The lowest BCUT2D eigenvalue weighted by molar-refractivity contribution is 0.762. The second-order valence-corrected chi connectivity index (χ2v) is 3.23. The predicted octanol–water partition coefficient (Wildman–Crippen LogP) is 4.18. The van der Waals surface area contributed by atoms with Crippen LogP contribution in [0.3, 0.4) is 0 Å². The van der Waals surface area contributed by atoms with Crippen LogP contribution in [0.4, 0.5) is 0 Å². The van der Waals surface area contributed by atoms with Crippen molar-refractivity contribution in [3.8, 4) is 0 Å². The summed E-state index contributed by atoms with van der Waals surface area (Å²) in [6.07, 6.45) is 23.5. The van der Waals surface area contributed by atoms with Gasteiger partial charge in [0.2, 0.25) is 0 Å². The minimum atomic E-state index is 1.04. The Labute approximate surface area is 81.4 Å². The number of hydrogen-bond acceptors (Lipinski definition) is 0. The maximum absolute atomic E-state index is 2.25. The fourth-order valence-electron chi connectivity index (χ4n) is 1.27. The third-order valence-corrected chi connectivity index (χ3v) is 2.03. The van der Waals surface area contributed by atoms with Crippen LogP contribution in [-0.2, 0) is 0 Å².